The lowest BCUT2D eigenvalue weighted by atomic mass is 9.96. The van der Waals surface area contributed by atoms with Crippen LogP contribution in [0.4, 0.5) is 20.4 Å². The van der Waals surface area contributed by atoms with Gasteiger partial charge in [-0.3, -0.25) is 13.6 Å². The molecular weight excluding hydrogens is 1030 g/mol. The Hall–Kier alpha value is -9.63. The smallest absolute Gasteiger partial charge is 0.219 e. The lowest BCUT2D eigenvalue weighted by Gasteiger charge is -2.30. The molecule has 2 fully saturated rings. The van der Waals surface area contributed by atoms with Gasteiger partial charge in [0.05, 0.1) is 0 Å². The van der Waals surface area contributed by atoms with Gasteiger partial charge >= 0.3 is 0 Å². The van der Waals surface area contributed by atoms with Crippen LogP contribution >= 0.6 is 0 Å². The number of hydrogen-bond donors (Lipinski definition) is 3. The summed E-state index contributed by atoms with van der Waals surface area (Å²) in [5.41, 5.74) is 19.0. The van der Waals surface area contributed by atoms with Crippen molar-refractivity contribution in [3.05, 3.63) is 181 Å². The summed E-state index contributed by atoms with van der Waals surface area (Å²) in [7, 11) is 0. The molecule has 412 valence electrons. The SMILES string of the molecule is CC(=O)N1CCC(c2nc(-c3ccc(Oc4cc(F)cc(OCc5cnc(C)nc5)c4)cc3)c3c(N)nccn23)CC1.Cc1ncc(COc2cc(F)cc(Oc3ccc(-c4nc(C5CCNCC5)n5ccnc(N)c45)cc3)c2)cn1. The second-order valence-corrected chi connectivity index (χ2v) is 19.9. The first-order valence-electron chi connectivity index (χ1n) is 26.6. The minimum absolute atomic E-state index is 0.0946. The van der Waals surface area contributed by atoms with Crippen molar-refractivity contribution in [2.75, 3.05) is 37.6 Å². The normalized spacial score (nSPS) is 13.9. The summed E-state index contributed by atoms with van der Waals surface area (Å²) in [5.74, 6) is 6.14. The van der Waals surface area contributed by atoms with Crippen molar-refractivity contribution < 1.29 is 32.5 Å². The van der Waals surface area contributed by atoms with E-state index in [1.165, 1.54) is 24.3 Å². The molecule has 2 saturated heterocycles. The van der Waals surface area contributed by atoms with Crippen LogP contribution < -0.4 is 35.7 Å². The average molecular weight is 1090 g/mol. The summed E-state index contributed by atoms with van der Waals surface area (Å²) in [6, 6.07) is 23.4. The number of piperidine rings is 2. The van der Waals surface area contributed by atoms with Gasteiger partial charge < -0.3 is 40.6 Å². The van der Waals surface area contributed by atoms with Gasteiger partial charge in [0.2, 0.25) is 5.91 Å². The van der Waals surface area contributed by atoms with Crippen LogP contribution in [0.15, 0.2) is 135 Å². The Morgan fingerprint density at radius 2 is 0.975 bits per heavy atom. The molecule has 1 amide bonds. The van der Waals surface area contributed by atoms with Crippen LogP contribution in [-0.2, 0) is 18.0 Å². The molecular formula is C60H58F2N14O5. The molecule has 5 N–H and O–H groups in total. The van der Waals surface area contributed by atoms with Gasteiger partial charge in [-0.25, -0.2) is 48.7 Å². The van der Waals surface area contributed by atoms with Crippen molar-refractivity contribution in [2.45, 2.75) is 71.5 Å². The Morgan fingerprint density at radius 1 is 0.568 bits per heavy atom. The molecule has 19 nitrogen and oxygen atoms in total. The van der Waals surface area contributed by atoms with E-state index in [2.05, 4.69) is 39.6 Å². The largest absolute Gasteiger partial charge is 0.489 e. The highest BCUT2D eigenvalue weighted by molar-refractivity contribution is 5.86. The maximum Gasteiger partial charge on any atom is 0.219 e. The molecule has 0 saturated carbocycles. The zero-order valence-electron chi connectivity index (χ0n) is 44.8. The summed E-state index contributed by atoms with van der Waals surface area (Å²) >= 11 is 0. The van der Waals surface area contributed by atoms with E-state index in [-0.39, 0.29) is 25.0 Å². The van der Waals surface area contributed by atoms with Crippen molar-refractivity contribution in [1.29, 1.82) is 0 Å². The second kappa shape index (κ2) is 23.8. The van der Waals surface area contributed by atoms with Gasteiger partial charge in [0.25, 0.3) is 0 Å². The van der Waals surface area contributed by atoms with E-state index in [9.17, 15) is 13.6 Å². The zero-order valence-corrected chi connectivity index (χ0v) is 44.8. The summed E-state index contributed by atoms with van der Waals surface area (Å²) < 4.78 is 56.2. The summed E-state index contributed by atoms with van der Waals surface area (Å²) in [4.78, 5) is 48.9. The van der Waals surface area contributed by atoms with Crippen LogP contribution in [0.3, 0.4) is 0 Å². The van der Waals surface area contributed by atoms with Crippen LogP contribution in [0.5, 0.6) is 34.5 Å². The number of hydrogen-bond acceptors (Lipinski definition) is 16. The predicted molar refractivity (Wildman–Crippen MR) is 300 cm³/mol. The highest BCUT2D eigenvalue weighted by atomic mass is 19.1. The molecule has 12 rings (SSSR count). The second-order valence-electron chi connectivity index (χ2n) is 19.9. The van der Waals surface area contributed by atoms with Crippen LogP contribution in [0.2, 0.25) is 0 Å². The first kappa shape index (κ1) is 53.4. The molecule has 0 aliphatic carbocycles. The van der Waals surface area contributed by atoms with E-state index >= 15 is 0 Å². The molecule has 81 heavy (non-hydrogen) atoms. The number of rotatable bonds is 14. The van der Waals surface area contributed by atoms with Crippen molar-refractivity contribution in [3.8, 4) is 57.0 Å². The number of fused-ring (bicyclic) bond motifs is 2. The number of halogens is 2. The Balaban J connectivity index is 0.000000171. The third kappa shape index (κ3) is 12.5. The highest BCUT2D eigenvalue weighted by Crippen LogP contribution is 2.38. The molecule has 0 bridgehead atoms. The molecule has 0 radical (unpaired) electrons. The number of nitrogen functional groups attached to an aromatic ring is 2. The molecule has 2 aliphatic heterocycles. The van der Waals surface area contributed by atoms with Crippen molar-refractivity contribution in [2.24, 2.45) is 0 Å². The number of nitrogens with two attached hydrogens (primary N) is 2. The molecule has 4 aromatic carbocycles. The number of anilines is 2. The fourth-order valence-electron chi connectivity index (χ4n) is 10.00. The van der Waals surface area contributed by atoms with E-state index in [4.69, 9.17) is 40.4 Å². The molecule has 21 heteroatoms. The zero-order chi connectivity index (χ0) is 56.0. The van der Waals surface area contributed by atoms with Gasteiger partial charge in [-0.1, -0.05) is 0 Å². The van der Waals surface area contributed by atoms with Gasteiger partial charge in [0.1, 0.15) is 117 Å². The number of carbonyl (C=O) groups is 1. The van der Waals surface area contributed by atoms with Gasteiger partial charge in [-0.2, -0.15) is 0 Å². The highest BCUT2D eigenvalue weighted by Gasteiger charge is 2.28. The van der Waals surface area contributed by atoms with Crippen molar-refractivity contribution >= 4 is 28.6 Å². The Morgan fingerprint density at radius 3 is 1.40 bits per heavy atom. The van der Waals surface area contributed by atoms with Gasteiger partial charge in [-0.05, 0) is 101 Å². The third-order valence-electron chi connectivity index (χ3n) is 14.1. The molecule has 0 spiro atoms. The number of aryl methyl sites for hydroxylation is 2. The Kier molecular flexibility index (Phi) is 15.7. The van der Waals surface area contributed by atoms with Crippen LogP contribution in [0.1, 0.15) is 78.9 Å². The number of aromatic nitrogens is 10. The Labute approximate surface area is 465 Å². The first-order chi connectivity index (χ1) is 39.4. The number of benzene rings is 4. The molecule has 8 heterocycles. The minimum atomic E-state index is -0.478. The summed E-state index contributed by atoms with van der Waals surface area (Å²) in [6.45, 7) is 8.96. The van der Waals surface area contributed by atoms with Gasteiger partial charge in [-0.15, -0.1) is 0 Å². The van der Waals surface area contributed by atoms with E-state index < -0.39 is 11.6 Å². The molecule has 0 unspecified atom stereocenters. The van der Waals surface area contributed by atoms with Crippen LogP contribution in [0.25, 0.3) is 33.5 Å². The number of nitrogens with one attached hydrogen (secondary N) is 1. The fourth-order valence-corrected chi connectivity index (χ4v) is 10.00. The Bertz CT molecular complexity index is 3830. The number of ether oxygens (including phenoxy) is 4. The van der Waals surface area contributed by atoms with Crippen molar-refractivity contribution in [1.82, 2.24) is 58.9 Å². The predicted octanol–water partition coefficient (Wildman–Crippen LogP) is 10.4. The summed E-state index contributed by atoms with van der Waals surface area (Å²) in [6.07, 6.45) is 17.6. The lowest BCUT2D eigenvalue weighted by molar-refractivity contribution is -0.129. The van der Waals surface area contributed by atoms with Crippen LogP contribution in [-0.4, -0.2) is 85.7 Å². The third-order valence-corrected chi connectivity index (χ3v) is 14.1. The topological polar surface area (TPSA) is 233 Å². The maximum absolute atomic E-state index is 14.4. The van der Waals surface area contributed by atoms with Gasteiger partial charge in [0, 0.05) is 140 Å². The van der Waals surface area contributed by atoms with E-state index in [1.807, 2.05) is 65.0 Å². The quantitative estimate of drug-likeness (QED) is 0.0919. The minimum Gasteiger partial charge on any atom is -0.489 e. The fraction of sp³-hybridized carbons (Fsp3) is 0.250. The maximum atomic E-state index is 14.4. The number of likely N-dealkylation sites (tertiary alicyclic amines) is 1. The van der Waals surface area contributed by atoms with Crippen molar-refractivity contribution in [3.63, 3.8) is 0 Å². The average Bonchev–Trinajstić information content (AvgIpc) is 4.22. The molecule has 2 aliphatic rings. The molecule has 6 aromatic heterocycles. The number of nitrogens with zero attached hydrogens (tertiary/aromatic N) is 11. The van der Waals surface area contributed by atoms with Gasteiger partial charge in [0.15, 0.2) is 0 Å². The van der Waals surface area contributed by atoms with E-state index in [0.717, 1.165) is 95.1 Å². The molecule has 0 atom stereocenters. The first-order valence-corrected chi connectivity index (χ1v) is 26.6. The number of amides is 1. The lowest BCUT2D eigenvalue weighted by Crippen LogP contribution is -2.36. The van der Waals surface area contributed by atoms with E-state index in [1.54, 1.807) is 75.3 Å². The van der Waals surface area contributed by atoms with Crippen LogP contribution in [0, 0.1) is 25.5 Å². The van der Waals surface area contributed by atoms with E-state index in [0.29, 0.717) is 76.8 Å². The number of carbonyl (C=O) groups excluding carboxylic acids is 1. The molecule has 10 aromatic rings. The number of imidazole rings is 2. The standard InChI is InChI=1S/C31H30FN7O3.C29H28FN7O2/c1-19-35-16-21(17-36-19)18-41-26-13-24(32)14-27(15-26)42-25-5-3-22(4-6-25)28-29-30(33)34-9-12-39(29)31(37-28)23-7-10-38(11-8-23)20(2)40;1-18-34-15-19(16-35-18)17-38-24-12-22(30)13-25(14-24)39-23-4-2-20(3-5-23)26-27-28(31)33-10-11-37(27)29(36-26)21-6-8-32-9-7-21/h3-6,9,12-17,23H,7-8,10-11,18H2,1-2H3,(H2,33,34);2-5,10-16,21,32H,6-9,17H2,1H3,(H2,31,33). The monoisotopic (exact) mass is 1090 g/mol. The summed E-state index contributed by atoms with van der Waals surface area (Å²) in [5, 5.41) is 3.41.